The van der Waals surface area contributed by atoms with Crippen LogP contribution in [0.2, 0.25) is 0 Å². The maximum Gasteiger partial charge on any atom is 0.586 e. The molecule has 2 atom stereocenters. The van der Waals surface area contributed by atoms with Gasteiger partial charge in [-0.05, 0) is 19.5 Å². The Bertz CT molecular complexity index is 847. The number of fused-ring (bicyclic) bond motifs is 1. The van der Waals surface area contributed by atoms with Crippen LogP contribution in [-0.2, 0) is 13.1 Å². The predicted molar refractivity (Wildman–Crippen MR) is 91.7 cm³/mol. The molecule has 0 radical (unpaired) electrons. The van der Waals surface area contributed by atoms with Crippen LogP contribution in [0.15, 0.2) is 22.7 Å². The molecular formula is C18H21F3N4O3. The van der Waals surface area contributed by atoms with E-state index in [0.29, 0.717) is 49.9 Å². The van der Waals surface area contributed by atoms with E-state index in [9.17, 15) is 13.2 Å². The van der Waals surface area contributed by atoms with Crippen molar-refractivity contribution in [3.05, 3.63) is 35.5 Å². The summed E-state index contributed by atoms with van der Waals surface area (Å²) in [4.78, 5) is 8.11. The number of aryl methyl sites for hydroxylation is 1. The lowest BCUT2D eigenvalue weighted by atomic mass is 10.1. The Kier molecular flexibility index (Phi) is 4.92. The molecule has 7 nitrogen and oxygen atoms in total. The Hall–Kier alpha value is -2.33. The van der Waals surface area contributed by atoms with Crippen molar-refractivity contribution >= 4 is 0 Å². The van der Waals surface area contributed by atoms with Crippen molar-refractivity contribution in [3.63, 3.8) is 0 Å². The van der Waals surface area contributed by atoms with Gasteiger partial charge in [0.1, 0.15) is 6.17 Å². The highest BCUT2D eigenvalue weighted by Gasteiger charge is 2.44. The summed E-state index contributed by atoms with van der Waals surface area (Å²) in [6, 6.07) is 4.75. The van der Waals surface area contributed by atoms with Crippen molar-refractivity contribution < 1.29 is 27.2 Å². The highest BCUT2D eigenvalue weighted by atomic mass is 19.3. The number of aromatic nitrogens is 2. The summed E-state index contributed by atoms with van der Waals surface area (Å²) in [5.41, 5.74) is 0.590. The molecule has 0 unspecified atom stereocenters. The molecule has 3 heterocycles. The van der Waals surface area contributed by atoms with Crippen LogP contribution in [0.4, 0.5) is 13.2 Å². The third-order valence-electron chi connectivity index (χ3n) is 4.86. The normalized spacial score (nSPS) is 23.6. The van der Waals surface area contributed by atoms with Crippen LogP contribution in [0.3, 0.4) is 0 Å². The molecule has 0 N–H and O–H groups in total. The van der Waals surface area contributed by atoms with E-state index in [1.807, 2.05) is 16.8 Å². The zero-order valence-corrected chi connectivity index (χ0v) is 15.6. The van der Waals surface area contributed by atoms with Crippen LogP contribution in [0, 0.1) is 6.92 Å². The summed E-state index contributed by atoms with van der Waals surface area (Å²) in [7, 11) is 1.86. The first-order chi connectivity index (χ1) is 13.3. The molecule has 2 aliphatic rings. The Morgan fingerprint density at radius 3 is 2.89 bits per heavy atom. The first-order valence-corrected chi connectivity index (χ1v) is 9.02. The average Bonchev–Trinajstić information content (AvgIpc) is 3.25. The maximum atomic E-state index is 14.0. The Morgan fingerprint density at radius 2 is 2.14 bits per heavy atom. The number of halogens is 3. The molecular weight excluding hydrogens is 377 g/mol. The van der Waals surface area contributed by atoms with Crippen molar-refractivity contribution in [3.8, 4) is 11.5 Å². The van der Waals surface area contributed by atoms with Crippen molar-refractivity contribution in [2.75, 3.05) is 20.1 Å². The summed E-state index contributed by atoms with van der Waals surface area (Å²) in [6.07, 6.45) is -4.18. The monoisotopic (exact) mass is 398 g/mol. The predicted octanol–water partition coefficient (Wildman–Crippen LogP) is 2.74. The second-order valence-corrected chi connectivity index (χ2v) is 7.25. The first kappa shape index (κ1) is 19.0. The summed E-state index contributed by atoms with van der Waals surface area (Å²) in [6.45, 7) is 3.33. The van der Waals surface area contributed by atoms with Gasteiger partial charge in [0.2, 0.25) is 5.89 Å². The minimum absolute atomic E-state index is 0.0229. The van der Waals surface area contributed by atoms with Crippen LogP contribution < -0.4 is 9.47 Å². The molecule has 0 amide bonds. The minimum Gasteiger partial charge on any atom is -0.395 e. The highest BCUT2D eigenvalue weighted by molar-refractivity contribution is 5.48. The molecule has 4 rings (SSSR count). The van der Waals surface area contributed by atoms with Gasteiger partial charge in [-0.3, -0.25) is 4.90 Å². The van der Waals surface area contributed by atoms with Gasteiger partial charge in [-0.25, -0.2) is 4.39 Å². The van der Waals surface area contributed by atoms with E-state index in [1.165, 1.54) is 6.07 Å². The van der Waals surface area contributed by atoms with Crippen molar-refractivity contribution in [2.45, 2.75) is 44.9 Å². The third kappa shape index (κ3) is 4.07. The summed E-state index contributed by atoms with van der Waals surface area (Å²) < 4.78 is 54.9. The smallest absolute Gasteiger partial charge is 0.395 e. The van der Waals surface area contributed by atoms with Crippen LogP contribution in [0.1, 0.15) is 23.7 Å². The van der Waals surface area contributed by atoms with Crippen molar-refractivity contribution in [2.24, 2.45) is 0 Å². The molecule has 2 aromatic rings. The summed E-state index contributed by atoms with van der Waals surface area (Å²) >= 11 is 0. The van der Waals surface area contributed by atoms with E-state index in [2.05, 4.69) is 19.6 Å². The Balaban J connectivity index is 1.41. The van der Waals surface area contributed by atoms with Gasteiger partial charge in [0.25, 0.3) is 0 Å². The number of para-hydroxylation sites is 1. The number of hydrogen-bond acceptors (Lipinski definition) is 7. The lowest BCUT2D eigenvalue weighted by Gasteiger charge is -2.27. The number of rotatable bonds is 6. The lowest BCUT2D eigenvalue weighted by molar-refractivity contribution is -0.287. The third-order valence-corrected chi connectivity index (χ3v) is 4.86. The quantitative estimate of drug-likeness (QED) is 0.741. The number of likely N-dealkylation sites (tertiary alicyclic amines) is 1. The molecule has 28 heavy (non-hydrogen) atoms. The molecule has 2 aliphatic heterocycles. The molecule has 0 spiro atoms. The standard InChI is InChI=1S/C18H21F3N4O3/c1-11-22-16(23-28-11)10-25-8-13(19)6-14(25)9-24(2)7-12-4-3-5-15-17(12)27-18(20,21)26-15/h3-5,13-14H,6-10H2,1-2H3/t13-,14-/m0/s1. The van der Waals surface area contributed by atoms with Crippen molar-refractivity contribution in [1.82, 2.24) is 19.9 Å². The molecule has 0 saturated carbocycles. The number of likely N-dealkylation sites (N-methyl/N-ethyl adjacent to an activating group) is 1. The maximum absolute atomic E-state index is 14.0. The fourth-order valence-corrected chi connectivity index (χ4v) is 3.76. The molecule has 1 aromatic carbocycles. The first-order valence-electron chi connectivity index (χ1n) is 9.02. The second-order valence-electron chi connectivity index (χ2n) is 7.25. The fraction of sp³-hybridized carbons (Fsp3) is 0.556. The molecule has 1 aromatic heterocycles. The van der Waals surface area contributed by atoms with Gasteiger partial charge >= 0.3 is 6.29 Å². The van der Waals surface area contributed by atoms with E-state index < -0.39 is 12.5 Å². The molecule has 1 saturated heterocycles. The largest absolute Gasteiger partial charge is 0.586 e. The van der Waals surface area contributed by atoms with Crippen molar-refractivity contribution in [1.29, 1.82) is 0 Å². The van der Waals surface area contributed by atoms with Gasteiger partial charge in [-0.1, -0.05) is 17.3 Å². The van der Waals surface area contributed by atoms with Gasteiger partial charge in [0.05, 0.1) is 6.54 Å². The van der Waals surface area contributed by atoms with E-state index in [0.717, 1.165) is 0 Å². The molecule has 0 aliphatic carbocycles. The minimum atomic E-state index is -3.65. The van der Waals surface area contributed by atoms with Gasteiger partial charge in [0, 0.05) is 38.2 Å². The van der Waals surface area contributed by atoms with E-state index in [4.69, 9.17) is 4.52 Å². The zero-order valence-electron chi connectivity index (χ0n) is 15.6. The molecule has 0 bridgehead atoms. The number of benzene rings is 1. The van der Waals surface area contributed by atoms with E-state index in [-0.39, 0.29) is 17.5 Å². The number of ether oxygens (including phenoxy) is 2. The number of hydrogen-bond donors (Lipinski definition) is 0. The fourth-order valence-electron chi connectivity index (χ4n) is 3.76. The zero-order chi connectivity index (χ0) is 19.9. The Labute approximate surface area is 160 Å². The molecule has 152 valence electrons. The topological polar surface area (TPSA) is 63.9 Å². The highest BCUT2D eigenvalue weighted by Crippen LogP contribution is 2.43. The number of alkyl halides is 3. The molecule has 1 fully saturated rings. The molecule has 10 heteroatoms. The van der Waals surface area contributed by atoms with Crippen LogP contribution in [0.25, 0.3) is 0 Å². The van der Waals surface area contributed by atoms with Gasteiger partial charge in [-0.2, -0.15) is 4.98 Å². The summed E-state index contributed by atoms with van der Waals surface area (Å²) in [5.74, 6) is 1.06. The van der Waals surface area contributed by atoms with E-state index in [1.54, 1.807) is 19.1 Å². The Morgan fingerprint density at radius 1 is 1.32 bits per heavy atom. The lowest BCUT2D eigenvalue weighted by Crippen LogP contribution is -2.38. The SMILES string of the molecule is Cc1nc(CN2C[C@@H](F)C[C@H]2CN(C)Cc2cccc3c2OC(F)(F)O3)no1. The summed E-state index contributed by atoms with van der Waals surface area (Å²) in [5, 5.41) is 3.87. The van der Waals surface area contributed by atoms with Crippen LogP contribution >= 0.6 is 0 Å². The van der Waals surface area contributed by atoms with Gasteiger partial charge in [0.15, 0.2) is 17.3 Å². The average molecular weight is 398 g/mol. The van der Waals surface area contributed by atoms with Gasteiger partial charge in [-0.15, -0.1) is 8.78 Å². The van der Waals surface area contributed by atoms with Gasteiger partial charge < -0.3 is 18.9 Å². The van der Waals surface area contributed by atoms with E-state index >= 15 is 0 Å². The van der Waals surface area contributed by atoms with Crippen LogP contribution in [-0.4, -0.2) is 58.6 Å². The number of nitrogens with zero attached hydrogens (tertiary/aromatic N) is 4. The second kappa shape index (κ2) is 7.25. The van der Waals surface area contributed by atoms with Crippen LogP contribution in [0.5, 0.6) is 11.5 Å².